The molecule has 0 spiro atoms. The number of nitrogens with one attached hydrogen (secondary N) is 1. The molecule has 0 amide bonds. The van der Waals surface area contributed by atoms with Gasteiger partial charge in [-0.15, -0.1) is 0 Å². The fraction of sp³-hybridized carbons (Fsp3) is 0.636. The minimum absolute atomic E-state index is 0.227. The lowest BCUT2D eigenvalue weighted by atomic mass is 10.3. The minimum Gasteiger partial charge on any atom is -0.475 e. The van der Waals surface area contributed by atoms with Gasteiger partial charge in [-0.05, 0) is 6.26 Å². The second-order valence-electron chi connectivity index (χ2n) is 3.91. The number of ether oxygens (including phenoxy) is 1. The van der Waals surface area contributed by atoms with Crippen molar-refractivity contribution in [1.29, 1.82) is 0 Å². The molecule has 1 aromatic heterocycles. The zero-order chi connectivity index (χ0) is 12.7. The molecule has 0 saturated carbocycles. The lowest BCUT2D eigenvalue weighted by Crippen LogP contribution is -2.35. The molecule has 6 heteroatoms. The van der Waals surface area contributed by atoms with Gasteiger partial charge < -0.3 is 15.2 Å². The summed E-state index contributed by atoms with van der Waals surface area (Å²) in [4.78, 5) is 8.20. The minimum atomic E-state index is -0.537. The van der Waals surface area contributed by atoms with E-state index in [0.717, 1.165) is 0 Å². The van der Waals surface area contributed by atoms with E-state index in [0.29, 0.717) is 23.6 Å². The first-order valence-corrected chi connectivity index (χ1v) is 6.75. The van der Waals surface area contributed by atoms with Gasteiger partial charge in [0.15, 0.2) is 5.16 Å². The molecule has 0 fully saturated rings. The van der Waals surface area contributed by atoms with Crippen LogP contribution in [0.1, 0.15) is 13.8 Å². The second kappa shape index (κ2) is 7.47. The van der Waals surface area contributed by atoms with Crippen molar-refractivity contribution in [2.75, 3.05) is 19.4 Å². The summed E-state index contributed by atoms with van der Waals surface area (Å²) in [7, 11) is 0. The van der Waals surface area contributed by atoms with Crippen molar-refractivity contribution in [3.63, 3.8) is 0 Å². The highest BCUT2D eigenvalue weighted by Crippen LogP contribution is 2.12. The Kier molecular flexibility index (Phi) is 6.25. The molecule has 1 unspecified atom stereocenters. The van der Waals surface area contributed by atoms with Crippen molar-refractivity contribution in [3.8, 4) is 5.88 Å². The number of hydrogen-bond acceptors (Lipinski definition) is 6. The first-order chi connectivity index (χ1) is 8.11. The van der Waals surface area contributed by atoms with E-state index < -0.39 is 6.10 Å². The molecule has 0 aromatic carbocycles. The van der Waals surface area contributed by atoms with Crippen LogP contribution in [0, 0.1) is 0 Å². The summed E-state index contributed by atoms with van der Waals surface area (Å²) in [5, 5.41) is 13.5. The first kappa shape index (κ1) is 14.2. The number of aliphatic hydroxyl groups is 1. The van der Waals surface area contributed by atoms with Crippen molar-refractivity contribution >= 4 is 11.8 Å². The van der Waals surface area contributed by atoms with Crippen LogP contribution < -0.4 is 10.1 Å². The SMILES string of the molecule is CSc1nccc(OCC(O)CNC(C)C)n1. The van der Waals surface area contributed by atoms with Crippen LogP contribution in [-0.4, -0.2) is 46.6 Å². The maximum atomic E-state index is 9.65. The molecule has 0 saturated heterocycles. The van der Waals surface area contributed by atoms with Gasteiger partial charge in [0.1, 0.15) is 12.7 Å². The van der Waals surface area contributed by atoms with Gasteiger partial charge in [-0.2, -0.15) is 4.98 Å². The van der Waals surface area contributed by atoms with Crippen LogP contribution in [-0.2, 0) is 0 Å². The van der Waals surface area contributed by atoms with Crippen LogP contribution >= 0.6 is 11.8 Å². The predicted octanol–water partition coefficient (Wildman–Crippen LogP) is 0.936. The van der Waals surface area contributed by atoms with E-state index in [2.05, 4.69) is 15.3 Å². The molecular weight excluding hydrogens is 238 g/mol. The Balaban J connectivity index is 2.33. The lowest BCUT2D eigenvalue weighted by molar-refractivity contribution is 0.102. The monoisotopic (exact) mass is 257 g/mol. The first-order valence-electron chi connectivity index (χ1n) is 5.53. The topological polar surface area (TPSA) is 67.3 Å². The van der Waals surface area contributed by atoms with E-state index in [1.165, 1.54) is 11.8 Å². The third kappa shape index (κ3) is 5.86. The molecule has 0 aliphatic rings. The Morgan fingerprint density at radius 1 is 1.53 bits per heavy atom. The Labute approximate surface area is 106 Å². The summed E-state index contributed by atoms with van der Waals surface area (Å²) in [6.07, 6.45) is 3.01. The van der Waals surface area contributed by atoms with E-state index in [-0.39, 0.29) is 6.61 Å². The molecule has 96 valence electrons. The fourth-order valence-corrected chi connectivity index (χ4v) is 1.46. The van der Waals surface area contributed by atoms with Crippen LogP contribution in [0.25, 0.3) is 0 Å². The Morgan fingerprint density at radius 3 is 2.94 bits per heavy atom. The average molecular weight is 257 g/mol. The number of rotatable bonds is 7. The number of aromatic nitrogens is 2. The maximum Gasteiger partial charge on any atom is 0.217 e. The van der Waals surface area contributed by atoms with Crippen molar-refractivity contribution in [1.82, 2.24) is 15.3 Å². The summed E-state index contributed by atoms with van der Waals surface area (Å²) in [5.41, 5.74) is 0. The summed E-state index contributed by atoms with van der Waals surface area (Å²) in [6.45, 7) is 4.80. The van der Waals surface area contributed by atoms with Crippen LogP contribution in [0.15, 0.2) is 17.4 Å². The highest BCUT2D eigenvalue weighted by Gasteiger charge is 2.07. The summed E-state index contributed by atoms with van der Waals surface area (Å²) in [6, 6.07) is 2.04. The van der Waals surface area contributed by atoms with Crippen molar-refractivity contribution in [3.05, 3.63) is 12.3 Å². The Hall–Kier alpha value is -0.850. The van der Waals surface area contributed by atoms with Gasteiger partial charge in [0.25, 0.3) is 0 Å². The number of aliphatic hydroxyl groups excluding tert-OH is 1. The highest BCUT2D eigenvalue weighted by atomic mass is 32.2. The van der Waals surface area contributed by atoms with Crippen molar-refractivity contribution in [2.24, 2.45) is 0 Å². The van der Waals surface area contributed by atoms with Gasteiger partial charge in [-0.3, -0.25) is 0 Å². The zero-order valence-electron chi connectivity index (χ0n) is 10.4. The number of nitrogens with zero attached hydrogens (tertiary/aromatic N) is 2. The average Bonchev–Trinajstić information content (AvgIpc) is 2.34. The quantitative estimate of drug-likeness (QED) is 0.559. The molecule has 0 aliphatic heterocycles. The van der Waals surface area contributed by atoms with Gasteiger partial charge in [0.05, 0.1) is 0 Å². The molecule has 1 atom stereocenters. The van der Waals surface area contributed by atoms with Crippen molar-refractivity contribution in [2.45, 2.75) is 31.1 Å². The van der Waals surface area contributed by atoms with E-state index >= 15 is 0 Å². The molecule has 1 heterocycles. The van der Waals surface area contributed by atoms with E-state index in [9.17, 15) is 5.11 Å². The number of hydrogen-bond donors (Lipinski definition) is 2. The van der Waals surface area contributed by atoms with Gasteiger partial charge in [-0.1, -0.05) is 25.6 Å². The molecule has 0 radical (unpaired) electrons. The Morgan fingerprint density at radius 2 is 2.29 bits per heavy atom. The summed E-state index contributed by atoms with van der Waals surface area (Å²) < 4.78 is 5.39. The van der Waals surface area contributed by atoms with E-state index in [4.69, 9.17) is 4.74 Å². The van der Waals surface area contributed by atoms with Gasteiger partial charge in [-0.25, -0.2) is 4.98 Å². The molecular formula is C11H19N3O2S. The molecule has 17 heavy (non-hydrogen) atoms. The number of thioether (sulfide) groups is 1. The third-order valence-electron chi connectivity index (χ3n) is 1.98. The normalized spacial score (nSPS) is 12.8. The molecule has 0 bridgehead atoms. The van der Waals surface area contributed by atoms with Crippen LogP contribution in [0.4, 0.5) is 0 Å². The zero-order valence-corrected chi connectivity index (χ0v) is 11.2. The van der Waals surface area contributed by atoms with Crippen molar-refractivity contribution < 1.29 is 9.84 Å². The highest BCUT2D eigenvalue weighted by molar-refractivity contribution is 7.98. The lowest BCUT2D eigenvalue weighted by Gasteiger charge is -2.14. The van der Waals surface area contributed by atoms with Crippen LogP contribution in [0.3, 0.4) is 0 Å². The fourth-order valence-electron chi connectivity index (χ4n) is 1.12. The van der Waals surface area contributed by atoms with Gasteiger partial charge in [0, 0.05) is 24.8 Å². The van der Waals surface area contributed by atoms with E-state index in [1.807, 2.05) is 20.1 Å². The maximum absolute atomic E-state index is 9.65. The molecule has 1 aromatic rings. The molecule has 0 aliphatic carbocycles. The third-order valence-corrected chi connectivity index (χ3v) is 2.54. The predicted molar refractivity (Wildman–Crippen MR) is 68.5 cm³/mol. The standard InChI is InChI=1S/C11H19N3O2S/c1-8(2)13-6-9(15)7-16-10-4-5-12-11(14-10)17-3/h4-5,8-9,13,15H,6-7H2,1-3H3. The summed E-state index contributed by atoms with van der Waals surface area (Å²) in [5.74, 6) is 0.493. The molecule has 1 rings (SSSR count). The summed E-state index contributed by atoms with van der Waals surface area (Å²) >= 11 is 1.45. The smallest absolute Gasteiger partial charge is 0.217 e. The van der Waals surface area contributed by atoms with Gasteiger partial charge in [0.2, 0.25) is 5.88 Å². The van der Waals surface area contributed by atoms with Gasteiger partial charge >= 0.3 is 0 Å². The van der Waals surface area contributed by atoms with Crippen LogP contribution in [0.5, 0.6) is 5.88 Å². The van der Waals surface area contributed by atoms with Crippen LogP contribution in [0.2, 0.25) is 0 Å². The molecule has 5 nitrogen and oxygen atoms in total. The van der Waals surface area contributed by atoms with E-state index in [1.54, 1.807) is 12.3 Å². The second-order valence-corrected chi connectivity index (χ2v) is 4.68. The molecule has 2 N–H and O–H groups in total. The Bertz CT molecular complexity index is 336. The largest absolute Gasteiger partial charge is 0.475 e.